The number of aryl methyl sites for hydroxylation is 1. The first kappa shape index (κ1) is 20.4. The second-order valence-corrected chi connectivity index (χ2v) is 7.64. The molecule has 1 fully saturated rings. The largest absolute Gasteiger partial charge is 0.481 e. The Labute approximate surface area is 154 Å². The van der Waals surface area contributed by atoms with Crippen molar-refractivity contribution in [1.82, 2.24) is 15.5 Å². The zero-order valence-corrected chi connectivity index (χ0v) is 15.9. The Morgan fingerprint density at radius 1 is 1.23 bits per heavy atom. The maximum Gasteiger partial charge on any atom is 0.303 e. The second kappa shape index (κ2) is 10.3. The third kappa shape index (κ3) is 7.14. The van der Waals surface area contributed by atoms with E-state index in [4.69, 9.17) is 9.63 Å². The number of nitrogens with zero attached hydrogens (tertiary/aromatic N) is 2. The van der Waals surface area contributed by atoms with E-state index >= 15 is 0 Å². The van der Waals surface area contributed by atoms with Crippen molar-refractivity contribution in [3.05, 3.63) is 11.7 Å². The number of nitrogens with one attached hydrogen (secondary N) is 1. The molecule has 7 nitrogen and oxygen atoms in total. The van der Waals surface area contributed by atoms with E-state index in [-0.39, 0.29) is 30.7 Å². The topological polar surface area (TPSA) is 105 Å². The van der Waals surface area contributed by atoms with Crippen LogP contribution in [0.4, 0.5) is 0 Å². The number of carboxylic acids is 1. The molecule has 0 radical (unpaired) electrons. The molecule has 0 spiro atoms. The molecule has 0 saturated heterocycles. The van der Waals surface area contributed by atoms with Crippen molar-refractivity contribution in [2.24, 2.45) is 5.92 Å². The highest BCUT2D eigenvalue weighted by Gasteiger charge is 2.21. The fourth-order valence-corrected chi connectivity index (χ4v) is 3.50. The minimum Gasteiger partial charge on any atom is -0.481 e. The van der Waals surface area contributed by atoms with Gasteiger partial charge in [0.25, 0.3) is 0 Å². The van der Waals surface area contributed by atoms with Crippen LogP contribution in [0, 0.1) is 5.92 Å². The van der Waals surface area contributed by atoms with E-state index in [2.05, 4.69) is 15.5 Å². The molecule has 1 aliphatic carbocycles. The van der Waals surface area contributed by atoms with E-state index in [1.165, 1.54) is 32.1 Å². The zero-order valence-electron chi connectivity index (χ0n) is 15.9. The molecule has 1 aromatic rings. The van der Waals surface area contributed by atoms with Crippen LogP contribution in [0.1, 0.15) is 89.3 Å². The fourth-order valence-electron chi connectivity index (χ4n) is 3.50. The smallest absolute Gasteiger partial charge is 0.303 e. The number of carboxylic acid groups (broad SMARTS) is 1. The van der Waals surface area contributed by atoms with E-state index in [9.17, 15) is 9.59 Å². The first-order chi connectivity index (χ1) is 12.4. The molecule has 2 rings (SSSR count). The molecule has 1 aromatic heterocycles. The van der Waals surface area contributed by atoms with E-state index in [1.807, 2.05) is 13.8 Å². The molecule has 7 heteroatoms. The molecule has 0 aliphatic heterocycles. The minimum absolute atomic E-state index is 0.0735. The number of aromatic nitrogens is 2. The van der Waals surface area contributed by atoms with Crippen LogP contribution in [0.15, 0.2) is 4.52 Å². The Balaban J connectivity index is 1.81. The summed E-state index contributed by atoms with van der Waals surface area (Å²) in [5.74, 6) is 1.00. The van der Waals surface area contributed by atoms with E-state index in [0.717, 1.165) is 6.42 Å². The third-order valence-corrected chi connectivity index (χ3v) is 4.98. The standard InChI is InChI=1S/C19H31N3O4/c1-13(2)19-21-17(26-22-19)10-9-16(23)20-15(8-11-18(24)25)12-14-6-4-3-5-7-14/h13-15H,3-12H2,1-2H3,(H,20,23)(H,24,25). The van der Waals surface area contributed by atoms with Gasteiger partial charge in [-0.15, -0.1) is 0 Å². The van der Waals surface area contributed by atoms with Crippen LogP contribution in [-0.4, -0.2) is 33.2 Å². The quantitative estimate of drug-likeness (QED) is 0.658. The predicted octanol–water partition coefficient (Wildman–Crippen LogP) is 3.45. The van der Waals surface area contributed by atoms with Crippen molar-refractivity contribution < 1.29 is 19.2 Å². The van der Waals surface area contributed by atoms with Crippen LogP contribution in [0.5, 0.6) is 0 Å². The molecule has 1 atom stereocenters. The van der Waals surface area contributed by atoms with Gasteiger partial charge in [-0.25, -0.2) is 0 Å². The van der Waals surface area contributed by atoms with Crippen LogP contribution in [0.3, 0.4) is 0 Å². The minimum atomic E-state index is -0.819. The molecule has 1 saturated carbocycles. The lowest BCUT2D eigenvalue weighted by Crippen LogP contribution is -2.37. The van der Waals surface area contributed by atoms with Gasteiger partial charge in [0.05, 0.1) is 0 Å². The fraction of sp³-hybridized carbons (Fsp3) is 0.789. The van der Waals surface area contributed by atoms with Gasteiger partial charge in [0.1, 0.15) is 0 Å². The Hall–Kier alpha value is -1.92. The molecule has 1 unspecified atom stereocenters. The summed E-state index contributed by atoms with van der Waals surface area (Å²) in [4.78, 5) is 27.5. The lowest BCUT2D eigenvalue weighted by Gasteiger charge is -2.27. The zero-order chi connectivity index (χ0) is 18.9. The van der Waals surface area contributed by atoms with Gasteiger partial charge in [0.15, 0.2) is 5.82 Å². The number of carbonyl (C=O) groups is 2. The molecular formula is C19H31N3O4. The van der Waals surface area contributed by atoms with Crippen LogP contribution in [0.2, 0.25) is 0 Å². The molecule has 1 amide bonds. The van der Waals surface area contributed by atoms with Crippen molar-refractivity contribution in [2.75, 3.05) is 0 Å². The van der Waals surface area contributed by atoms with Crippen LogP contribution in [0.25, 0.3) is 0 Å². The van der Waals surface area contributed by atoms with Crippen molar-refractivity contribution in [3.63, 3.8) is 0 Å². The SMILES string of the molecule is CC(C)c1noc(CCC(=O)NC(CCC(=O)O)CC2CCCCC2)n1. The lowest BCUT2D eigenvalue weighted by molar-refractivity contribution is -0.137. The first-order valence-corrected chi connectivity index (χ1v) is 9.77. The molecular weight excluding hydrogens is 334 g/mol. The summed E-state index contributed by atoms with van der Waals surface area (Å²) >= 11 is 0. The highest BCUT2D eigenvalue weighted by atomic mass is 16.5. The van der Waals surface area contributed by atoms with Gasteiger partial charge in [-0.1, -0.05) is 51.1 Å². The van der Waals surface area contributed by atoms with Gasteiger partial charge in [-0.2, -0.15) is 4.98 Å². The molecule has 1 heterocycles. The number of hydrogen-bond acceptors (Lipinski definition) is 5. The molecule has 2 N–H and O–H groups in total. The van der Waals surface area contributed by atoms with Gasteiger partial charge in [0.2, 0.25) is 11.8 Å². The lowest BCUT2D eigenvalue weighted by atomic mass is 9.84. The summed E-state index contributed by atoms with van der Waals surface area (Å²) in [6.07, 6.45) is 8.23. The summed E-state index contributed by atoms with van der Waals surface area (Å²) in [6, 6.07) is -0.0735. The van der Waals surface area contributed by atoms with E-state index < -0.39 is 5.97 Å². The maximum absolute atomic E-state index is 12.3. The second-order valence-electron chi connectivity index (χ2n) is 7.64. The first-order valence-electron chi connectivity index (χ1n) is 9.77. The number of amides is 1. The Bertz CT molecular complexity index is 579. The van der Waals surface area contributed by atoms with Crippen LogP contribution >= 0.6 is 0 Å². The summed E-state index contributed by atoms with van der Waals surface area (Å²) < 4.78 is 5.16. The normalized spacial score (nSPS) is 16.6. The monoisotopic (exact) mass is 365 g/mol. The summed E-state index contributed by atoms with van der Waals surface area (Å²) in [6.45, 7) is 3.97. The number of hydrogen-bond donors (Lipinski definition) is 2. The summed E-state index contributed by atoms with van der Waals surface area (Å²) in [7, 11) is 0. The summed E-state index contributed by atoms with van der Waals surface area (Å²) in [5, 5.41) is 15.9. The molecule has 0 aromatic carbocycles. The molecule has 146 valence electrons. The van der Waals surface area contributed by atoms with Gasteiger partial charge >= 0.3 is 5.97 Å². The Kier molecular flexibility index (Phi) is 8.06. The van der Waals surface area contributed by atoms with Crippen molar-refractivity contribution in [2.45, 2.75) is 90.0 Å². The molecule has 26 heavy (non-hydrogen) atoms. The third-order valence-electron chi connectivity index (χ3n) is 4.98. The predicted molar refractivity (Wildman–Crippen MR) is 96.7 cm³/mol. The van der Waals surface area contributed by atoms with Gasteiger partial charge in [0, 0.05) is 31.2 Å². The van der Waals surface area contributed by atoms with Gasteiger partial charge in [-0.3, -0.25) is 9.59 Å². The summed E-state index contributed by atoms with van der Waals surface area (Å²) in [5.41, 5.74) is 0. The maximum atomic E-state index is 12.3. The van der Waals surface area contributed by atoms with Gasteiger partial charge in [-0.05, 0) is 18.8 Å². The highest BCUT2D eigenvalue weighted by molar-refractivity contribution is 5.76. The highest BCUT2D eigenvalue weighted by Crippen LogP contribution is 2.28. The van der Waals surface area contributed by atoms with Crippen LogP contribution in [-0.2, 0) is 16.0 Å². The molecule has 1 aliphatic rings. The Morgan fingerprint density at radius 2 is 1.96 bits per heavy atom. The van der Waals surface area contributed by atoms with E-state index in [1.54, 1.807) is 0 Å². The van der Waals surface area contributed by atoms with Crippen molar-refractivity contribution in [3.8, 4) is 0 Å². The van der Waals surface area contributed by atoms with Crippen LogP contribution < -0.4 is 5.32 Å². The number of rotatable bonds is 10. The van der Waals surface area contributed by atoms with E-state index in [0.29, 0.717) is 30.5 Å². The Morgan fingerprint density at radius 3 is 2.58 bits per heavy atom. The average molecular weight is 365 g/mol. The average Bonchev–Trinajstić information content (AvgIpc) is 3.08. The molecule has 0 bridgehead atoms. The number of carbonyl (C=O) groups excluding carboxylic acids is 1. The van der Waals surface area contributed by atoms with Crippen molar-refractivity contribution in [1.29, 1.82) is 0 Å². The van der Waals surface area contributed by atoms with Gasteiger partial charge < -0.3 is 14.9 Å². The van der Waals surface area contributed by atoms with Crippen molar-refractivity contribution >= 4 is 11.9 Å². The number of aliphatic carboxylic acids is 1.